The number of rotatable bonds is 3. The van der Waals surface area contributed by atoms with E-state index < -0.39 is 5.97 Å². The van der Waals surface area contributed by atoms with Crippen LogP contribution in [-0.2, 0) is 5.75 Å². The van der Waals surface area contributed by atoms with Crippen LogP contribution in [0.5, 0.6) is 0 Å². The molecule has 0 aromatic heterocycles. The third-order valence-electron chi connectivity index (χ3n) is 1.58. The highest BCUT2D eigenvalue weighted by molar-refractivity contribution is 8.13. The van der Waals surface area contributed by atoms with E-state index in [2.05, 4.69) is 0 Å². The quantitative estimate of drug-likeness (QED) is 0.548. The molecule has 0 aliphatic heterocycles. The summed E-state index contributed by atoms with van der Waals surface area (Å²) in [6, 6.07) is 6.32. The molecule has 0 bridgehead atoms. The minimum absolute atomic E-state index is 0.0500. The molecule has 0 aliphatic rings. The summed E-state index contributed by atoms with van der Waals surface area (Å²) in [5.41, 5.74) is 6.24. The molecular weight excluding hydrogens is 200 g/mol. The van der Waals surface area contributed by atoms with Crippen LogP contribution in [0, 0.1) is 5.41 Å². The zero-order chi connectivity index (χ0) is 10.6. The molecule has 0 unspecified atom stereocenters. The lowest BCUT2D eigenvalue weighted by molar-refractivity contribution is -0.255. The highest BCUT2D eigenvalue weighted by Gasteiger charge is 1.96. The molecule has 74 valence electrons. The molecule has 1 rings (SSSR count). The van der Waals surface area contributed by atoms with E-state index in [1.165, 1.54) is 23.9 Å². The van der Waals surface area contributed by atoms with Crippen molar-refractivity contribution >= 4 is 22.9 Å². The first-order chi connectivity index (χ1) is 6.59. The molecule has 5 heteroatoms. The van der Waals surface area contributed by atoms with Crippen molar-refractivity contribution in [3.63, 3.8) is 0 Å². The molecular formula is C9H9N2O2S-. The fraction of sp³-hybridized carbons (Fsp3) is 0.111. The van der Waals surface area contributed by atoms with Gasteiger partial charge in [0, 0.05) is 5.75 Å². The van der Waals surface area contributed by atoms with Crippen molar-refractivity contribution in [1.29, 1.82) is 5.41 Å². The second kappa shape index (κ2) is 4.66. The molecule has 0 atom stereocenters. The SMILES string of the molecule is N=C(N)SCc1ccc(C(=O)[O-])cc1. The van der Waals surface area contributed by atoms with Crippen LogP contribution in [0.25, 0.3) is 0 Å². The number of carbonyl (C=O) groups is 1. The highest BCUT2D eigenvalue weighted by Crippen LogP contribution is 2.12. The maximum atomic E-state index is 10.4. The smallest absolute Gasteiger partial charge is 0.151 e. The van der Waals surface area contributed by atoms with Gasteiger partial charge < -0.3 is 15.6 Å². The van der Waals surface area contributed by atoms with Crippen molar-refractivity contribution in [1.82, 2.24) is 0 Å². The van der Waals surface area contributed by atoms with Crippen LogP contribution in [-0.4, -0.2) is 11.1 Å². The standard InChI is InChI=1S/C9H10N2O2S/c10-9(11)14-5-6-1-3-7(4-2-6)8(12)13/h1-4H,5H2,(H3,10,11)(H,12,13)/p-1. The van der Waals surface area contributed by atoms with E-state index in [4.69, 9.17) is 11.1 Å². The lowest BCUT2D eigenvalue weighted by Crippen LogP contribution is -2.21. The summed E-state index contributed by atoms with van der Waals surface area (Å²) in [6.45, 7) is 0. The number of carboxylic acid groups (broad SMARTS) is 1. The van der Waals surface area contributed by atoms with Gasteiger partial charge in [-0.3, -0.25) is 5.41 Å². The van der Waals surface area contributed by atoms with E-state index >= 15 is 0 Å². The number of aromatic carboxylic acids is 1. The van der Waals surface area contributed by atoms with Crippen LogP contribution in [0.2, 0.25) is 0 Å². The largest absolute Gasteiger partial charge is 0.545 e. The molecule has 0 heterocycles. The Morgan fingerprint density at radius 2 is 2.00 bits per heavy atom. The van der Waals surface area contributed by atoms with Gasteiger partial charge in [-0.1, -0.05) is 36.0 Å². The number of nitrogens with one attached hydrogen (secondary N) is 1. The number of thioether (sulfide) groups is 1. The third kappa shape index (κ3) is 3.10. The fourth-order valence-corrected chi connectivity index (χ4v) is 1.41. The van der Waals surface area contributed by atoms with Crippen molar-refractivity contribution in [2.45, 2.75) is 5.75 Å². The number of hydrogen-bond acceptors (Lipinski definition) is 4. The van der Waals surface area contributed by atoms with Crippen LogP contribution in [0.3, 0.4) is 0 Å². The number of carboxylic acids is 1. The first kappa shape index (κ1) is 10.6. The summed E-state index contributed by atoms with van der Waals surface area (Å²) >= 11 is 1.20. The summed E-state index contributed by atoms with van der Waals surface area (Å²) in [4.78, 5) is 10.4. The molecule has 0 saturated heterocycles. The van der Waals surface area contributed by atoms with Crippen LogP contribution in [0.4, 0.5) is 0 Å². The molecule has 4 nitrogen and oxygen atoms in total. The first-order valence-corrected chi connectivity index (χ1v) is 4.85. The predicted octanol–water partition coefficient (Wildman–Crippen LogP) is 0.177. The van der Waals surface area contributed by atoms with Crippen molar-refractivity contribution < 1.29 is 9.90 Å². The van der Waals surface area contributed by atoms with Gasteiger partial charge >= 0.3 is 0 Å². The molecule has 1 aromatic rings. The van der Waals surface area contributed by atoms with Crippen LogP contribution < -0.4 is 10.8 Å². The maximum Gasteiger partial charge on any atom is 0.151 e. The molecule has 14 heavy (non-hydrogen) atoms. The van der Waals surface area contributed by atoms with Gasteiger partial charge in [-0.15, -0.1) is 0 Å². The van der Waals surface area contributed by atoms with E-state index in [0.717, 1.165) is 5.56 Å². The molecule has 0 spiro atoms. The lowest BCUT2D eigenvalue weighted by Gasteiger charge is -2.03. The number of benzene rings is 1. The average Bonchev–Trinajstić information content (AvgIpc) is 2.15. The topological polar surface area (TPSA) is 90.0 Å². The Hall–Kier alpha value is -1.49. The third-order valence-corrected chi connectivity index (χ3v) is 2.37. The highest BCUT2D eigenvalue weighted by atomic mass is 32.2. The minimum Gasteiger partial charge on any atom is -0.545 e. The maximum absolute atomic E-state index is 10.4. The van der Waals surface area contributed by atoms with Crippen LogP contribution >= 0.6 is 11.8 Å². The van der Waals surface area contributed by atoms with E-state index in [1.54, 1.807) is 12.1 Å². The molecule has 3 N–H and O–H groups in total. The minimum atomic E-state index is -1.18. The normalized spacial score (nSPS) is 9.71. The monoisotopic (exact) mass is 209 g/mol. The number of hydrogen-bond donors (Lipinski definition) is 2. The van der Waals surface area contributed by atoms with Crippen LogP contribution in [0.1, 0.15) is 15.9 Å². The Bertz CT molecular complexity index is 348. The average molecular weight is 209 g/mol. The van der Waals surface area contributed by atoms with Crippen molar-refractivity contribution in [2.24, 2.45) is 5.73 Å². The van der Waals surface area contributed by atoms with Gasteiger partial charge in [0.1, 0.15) is 0 Å². The molecule has 0 amide bonds. The number of amidine groups is 1. The second-order valence-electron chi connectivity index (χ2n) is 2.64. The van der Waals surface area contributed by atoms with E-state index in [0.29, 0.717) is 5.75 Å². The molecule has 0 radical (unpaired) electrons. The molecule has 1 aromatic carbocycles. The van der Waals surface area contributed by atoms with Crippen LogP contribution in [0.15, 0.2) is 24.3 Å². The Kier molecular flexibility index (Phi) is 3.53. The van der Waals surface area contributed by atoms with Gasteiger partial charge in [0.25, 0.3) is 0 Å². The summed E-state index contributed by atoms with van der Waals surface area (Å²) < 4.78 is 0. The van der Waals surface area contributed by atoms with E-state index in [1.807, 2.05) is 0 Å². The Morgan fingerprint density at radius 3 is 2.43 bits per heavy atom. The van der Waals surface area contributed by atoms with Gasteiger partial charge in [-0.05, 0) is 11.1 Å². The van der Waals surface area contributed by atoms with Gasteiger partial charge in [0.2, 0.25) is 0 Å². The molecule has 0 fully saturated rings. The van der Waals surface area contributed by atoms with E-state index in [9.17, 15) is 9.90 Å². The predicted molar refractivity (Wildman–Crippen MR) is 54.0 cm³/mol. The number of nitrogens with two attached hydrogens (primary N) is 1. The number of carbonyl (C=O) groups excluding carboxylic acids is 1. The van der Waals surface area contributed by atoms with Gasteiger partial charge in [-0.2, -0.15) is 0 Å². The van der Waals surface area contributed by atoms with Crippen molar-refractivity contribution in [3.8, 4) is 0 Å². The zero-order valence-electron chi connectivity index (χ0n) is 7.32. The summed E-state index contributed by atoms with van der Waals surface area (Å²) in [5.74, 6) is -0.612. The van der Waals surface area contributed by atoms with Crippen molar-refractivity contribution in [3.05, 3.63) is 35.4 Å². The Balaban J connectivity index is 2.64. The first-order valence-electron chi connectivity index (χ1n) is 3.86. The van der Waals surface area contributed by atoms with Crippen molar-refractivity contribution in [2.75, 3.05) is 0 Å². The fourth-order valence-electron chi connectivity index (χ4n) is 0.898. The van der Waals surface area contributed by atoms with E-state index in [-0.39, 0.29) is 10.7 Å². The van der Waals surface area contributed by atoms with Gasteiger partial charge in [-0.25, -0.2) is 0 Å². The summed E-state index contributed by atoms with van der Waals surface area (Å²) in [7, 11) is 0. The Morgan fingerprint density at radius 1 is 1.43 bits per heavy atom. The molecule has 0 aliphatic carbocycles. The zero-order valence-corrected chi connectivity index (χ0v) is 8.14. The summed E-state index contributed by atoms with van der Waals surface area (Å²) in [5, 5.41) is 17.4. The summed E-state index contributed by atoms with van der Waals surface area (Å²) in [6.07, 6.45) is 0. The lowest BCUT2D eigenvalue weighted by atomic mass is 10.1. The molecule has 0 saturated carbocycles. The van der Waals surface area contributed by atoms with Gasteiger partial charge in [0.15, 0.2) is 5.17 Å². The Labute approximate surface area is 85.6 Å². The van der Waals surface area contributed by atoms with Gasteiger partial charge in [0.05, 0.1) is 5.97 Å². The second-order valence-corrected chi connectivity index (χ2v) is 3.65.